The summed E-state index contributed by atoms with van der Waals surface area (Å²) < 4.78 is 4.89. The first-order chi connectivity index (χ1) is 18.3. The second-order valence-electron chi connectivity index (χ2n) is 8.21. The number of aliphatic carboxylic acids is 1. The van der Waals surface area contributed by atoms with Gasteiger partial charge in [0.05, 0.1) is 6.61 Å². The van der Waals surface area contributed by atoms with Gasteiger partial charge in [0.2, 0.25) is 11.1 Å². The van der Waals surface area contributed by atoms with Crippen LogP contribution in [0.25, 0.3) is 20.9 Å². The number of esters is 1. The number of rotatable bonds is 7. The molecule has 2 saturated heterocycles. The van der Waals surface area contributed by atoms with Crippen molar-refractivity contribution < 1.29 is 29.0 Å². The Morgan fingerprint density at radius 1 is 0.868 bits per heavy atom. The standard InChI is InChI=1S/C13H14N4O3.C11H10N4O3/c1-2-20-12(19)13(15-16-14)8-9-17(11(13)18)10-6-4-3-5-7-10;12-14-13-11(10(17)18)6-7-15(9(11)16)8-4-2-1-3-5-8/h3-7H,2,8-9H2,1H3;1-5H,6-7H2,(H,17,18). The molecule has 196 valence electrons. The van der Waals surface area contributed by atoms with E-state index >= 15 is 0 Å². The average Bonchev–Trinajstić information content (AvgIpc) is 3.44. The fourth-order valence-corrected chi connectivity index (χ4v) is 4.18. The predicted octanol–water partition coefficient (Wildman–Crippen LogP) is 3.59. The van der Waals surface area contributed by atoms with E-state index in [0.717, 1.165) is 0 Å². The van der Waals surface area contributed by atoms with Crippen molar-refractivity contribution >= 4 is 35.1 Å². The number of hydrogen-bond acceptors (Lipinski definition) is 7. The van der Waals surface area contributed by atoms with Crippen LogP contribution in [0.2, 0.25) is 0 Å². The summed E-state index contributed by atoms with van der Waals surface area (Å²) in [5, 5.41) is 15.8. The van der Waals surface area contributed by atoms with Crippen LogP contribution in [0, 0.1) is 0 Å². The van der Waals surface area contributed by atoms with Gasteiger partial charge in [0, 0.05) is 34.3 Å². The first kappa shape index (κ1) is 27.5. The van der Waals surface area contributed by atoms with Crippen molar-refractivity contribution in [1.82, 2.24) is 0 Å². The van der Waals surface area contributed by atoms with Crippen LogP contribution in [0.3, 0.4) is 0 Å². The molecular weight excluding hydrogens is 496 g/mol. The van der Waals surface area contributed by atoms with Gasteiger partial charge in [-0.25, -0.2) is 0 Å². The molecule has 0 saturated carbocycles. The lowest BCUT2D eigenvalue weighted by molar-refractivity contribution is -0.152. The number of para-hydroxylation sites is 2. The Morgan fingerprint density at radius 2 is 1.29 bits per heavy atom. The molecule has 2 aromatic rings. The van der Waals surface area contributed by atoms with E-state index in [4.69, 9.17) is 20.9 Å². The molecule has 2 aliphatic heterocycles. The Morgan fingerprint density at radius 3 is 1.71 bits per heavy atom. The van der Waals surface area contributed by atoms with Crippen molar-refractivity contribution in [2.24, 2.45) is 10.2 Å². The van der Waals surface area contributed by atoms with Crippen LogP contribution in [0.15, 0.2) is 70.9 Å². The predicted molar refractivity (Wildman–Crippen MR) is 135 cm³/mol. The summed E-state index contributed by atoms with van der Waals surface area (Å²) in [7, 11) is 0. The monoisotopic (exact) mass is 520 g/mol. The number of anilines is 2. The van der Waals surface area contributed by atoms with Crippen LogP contribution >= 0.6 is 0 Å². The number of carbonyl (C=O) groups is 4. The number of nitrogens with zero attached hydrogens (tertiary/aromatic N) is 8. The van der Waals surface area contributed by atoms with Gasteiger partial charge in [-0.1, -0.05) is 46.6 Å². The number of benzene rings is 2. The van der Waals surface area contributed by atoms with E-state index in [1.807, 2.05) is 6.07 Å². The molecule has 0 aromatic heterocycles. The first-order valence-corrected chi connectivity index (χ1v) is 11.5. The second-order valence-corrected chi connectivity index (χ2v) is 8.21. The molecule has 38 heavy (non-hydrogen) atoms. The Kier molecular flexibility index (Phi) is 8.54. The van der Waals surface area contributed by atoms with Crippen LogP contribution in [0.1, 0.15) is 19.8 Å². The van der Waals surface area contributed by atoms with Crippen LogP contribution in [0.5, 0.6) is 0 Å². The van der Waals surface area contributed by atoms with Crippen LogP contribution < -0.4 is 9.80 Å². The molecule has 4 rings (SSSR count). The lowest BCUT2D eigenvalue weighted by Gasteiger charge is -2.21. The van der Waals surface area contributed by atoms with E-state index in [1.54, 1.807) is 61.5 Å². The Hall–Kier alpha value is -5.06. The van der Waals surface area contributed by atoms with Crippen molar-refractivity contribution in [3.05, 3.63) is 81.5 Å². The maximum absolute atomic E-state index is 12.5. The van der Waals surface area contributed by atoms with Crippen LogP contribution in [-0.4, -0.2) is 59.6 Å². The Balaban J connectivity index is 0.000000212. The molecule has 14 heteroatoms. The number of hydrogen-bond donors (Lipinski definition) is 1. The maximum atomic E-state index is 12.5. The van der Waals surface area contributed by atoms with Crippen LogP contribution in [-0.2, 0) is 23.9 Å². The number of amides is 2. The Bertz CT molecular complexity index is 1310. The Labute approximate surface area is 216 Å². The van der Waals surface area contributed by atoms with Crippen molar-refractivity contribution in [3.8, 4) is 0 Å². The summed E-state index contributed by atoms with van der Waals surface area (Å²) >= 11 is 0. The van der Waals surface area contributed by atoms with E-state index in [-0.39, 0.29) is 26.0 Å². The summed E-state index contributed by atoms with van der Waals surface area (Å²) in [6, 6.07) is 17.6. The zero-order chi connectivity index (χ0) is 27.8. The molecule has 2 unspecified atom stereocenters. The van der Waals surface area contributed by atoms with Gasteiger partial charge in [-0.2, -0.15) is 0 Å². The van der Waals surface area contributed by atoms with Gasteiger partial charge < -0.3 is 19.6 Å². The fraction of sp³-hybridized carbons (Fsp3) is 0.333. The van der Waals surface area contributed by atoms with Crippen molar-refractivity contribution in [3.63, 3.8) is 0 Å². The molecule has 14 nitrogen and oxygen atoms in total. The third kappa shape index (κ3) is 5.07. The smallest absolute Gasteiger partial charge is 0.327 e. The van der Waals surface area contributed by atoms with Gasteiger partial charge in [-0.15, -0.1) is 0 Å². The van der Waals surface area contributed by atoms with E-state index in [9.17, 15) is 19.2 Å². The molecule has 2 aliphatic rings. The lowest BCUT2D eigenvalue weighted by Crippen LogP contribution is -2.46. The van der Waals surface area contributed by atoms with Gasteiger partial charge in [0.25, 0.3) is 11.8 Å². The molecule has 0 radical (unpaired) electrons. The SMILES string of the molecule is CCOC(=O)C1(N=[N+]=[N-])CCN(c2ccccc2)C1=O.[N-]=[N+]=NC1(C(=O)O)CCN(c2ccccc2)C1=O. The summed E-state index contributed by atoms with van der Waals surface area (Å²) in [6.07, 6.45) is 0.0870. The topological polar surface area (TPSA) is 202 Å². The van der Waals surface area contributed by atoms with Crippen LogP contribution in [0.4, 0.5) is 11.4 Å². The minimum atomic E-state index is -2.01. The van der Waals surface area contributed by atoms with Crippen molar-refractivity contribution in [2.45, 2.75) is 30.8 Å². The highest BCUT2D eigenvalue weighted by molar-refractivity contribution is 6.17. The zero-order valence-electron chi connectivity index (χ0n) is 20.4. The van der Waals surface area contributed by atoms with Crippen molar-refractivity contribution in [1.29, 1.82) is 0 Å². The molecule has 1 N–H and O–H groups in total. The molecule has 2 amide bonds. The molecule has 2 heterocycles. The molecule has 2 atom stereocenters. The average molecular weight is 521 g/mol. The summed E-state index contributed by atoms with van der Waals surface area (Å²) in [5.74, 6) is -3.44. The van der Waals surface area contributed by atoms with E-state index in [0.29, 0.717) is 17.9 Å². The van der Waals surface area contributed by atoms with Gasteiger partial charge in [0.15, 0.2) is 0 Å². The minimum Gasteiger partial charge on any atom is -0.480 e. The summed E-state index contributed by atoms with van der Waals surface area (Å²) in [6.45, 7) is 2.28. The van der Waals surface area contributed by atoms with Crippen molar-refractivity contribution in [2.75, 3.05) is 29.5 Å². The highest BCUT2D eigenvalue weighted by atomic mass is 16.5. The highest BCUT2D eigenvalue weighted by Gasteiger charge is 2.54. The van der Waals surface area contributed by atoms with Gasteiger partial charge in [-0.05, 0) is 55.1 Å². The second kappa shape index (κ2) is 11.8. The summed E-state index contributed by atoms with van der Waals surface area (Å²) in [5.41, 5.74) is 14.6. The fourth-order valence-electron chi connectivity index (χ4n) is 4.18. The maximum Gasteiger partial charge on any atom is 0.327 e. The molecule has 2 fully saturated rings. The number of carboxylic acid groups (broad SMARTS) is 1. The molecule has 0 bridgehead atoms. The number of azide groups is 2. The number of ether oxygens (including phenoxy) is 1. The number of carboxylic acids is 1. The van der Waals surface area contributed by atoms with Gasteiger partial charge >= 0.3 is 11.9 Å². The lowest BCUT2D eigenvalue weighted by atomic mass is 9.99. The van der Waals surface area contributed by atoms with E-state index in [1.165, 1.54) is 9.80 Å². The molecule has 0 aliphatic carbocycles. The van der Waals surface area contributed by atoms with E-state index in [2.05, 4.69) is 20.1 Å². The zero-order valence-corrected chi connectivity index (χ0v) is 20.4. The molecular formula is C24H24N8O6. The van der Waals surface area contributed by atoms with Gasteiger partial charge in [-0.3, -0.25) is 19.2 Å². The highest BCUT2D eigenvalue weighted by Crippen LogP contribution is 2.33. The van der Waals surface area contributed by atoms with Gasteiger partial charge in [0.1, 0.15) is 0 Å². The minimum absolute atomic E-state index is 0.0277. The summed E-state index contributed by atoms with van der Waals surface area (Å²) in [4.78, 5) is 55.7. The third-order valence-corrected chi connectivity index (χ3v) is 6.13. The quantitative estimate of drug-likeness (QED) is 0.190. The molecule has 0 spiro atoms. The largest absolute Gasteiger partial charge is 0.480 e. The third-order valence-electron chi connectivity index (χ3n) is 6.13. The molecule has 2 aromatic carbocycles. The first-order valence-electron chi connectivity index (χ1n) is 11.5. The van der Waals surface area contributed by atoms with E-state index < -0.39 is 34.8 Å². The normalized spacial score (nSPS) is 22.0. The number of carbonyl (C=O) groups excluding carboxylic acids is 3.